The predicted octanol–water partition coefficient (Wildman–Crippen LogP) is 1.68. The van der Waals surface area contributed by atoms with Crippen LogP contribution in [-0.2, 0) is 6.42 Å². The van der Waals surface area contributed by atoms with Gasteiger partial charge in [-0.3, -0.25) is 0 Å². The lowest BCUT2D eigenvalue weighted by Crippen LogP contribution is -2.26. The summed E-state index contributed by atoms with van der Waals surface area (Å²) in [5.74, 6) is 2.30. The van der Waals surface area contributed by atoms with Gasteiger partial charge in [0.2, 0.25) is 0 Å². The fraction of sp³-hybridized carbons (Fsp3) is 0.714. The van der Waals surface area contributed by atoms with Crippen LogP contribution in [0.3, 0.4) is 0 Å². The van der Waals surface area contributed by atoms with E-state index in [2.05, 4.69) is 27.1 Å². The third kappa shape index (κ3) is 2.97. The van der Waals surface area contributed by atoms with Gasteiger partial charge in [-0.1, -0.05) is 13.3 Å². The van der Waals surface area contributed by atoms with Gasteiger partial charge < -0.3 is 15.3 Å². The summed E-state index contributed by atoms with van der Waals surface area (Å²) in [7, 11) is 1.90. The fourth-order valence-corrected chi connectivity index (χ4v) is 2.74. The Bertz CT molecular complexity index is 422. The molecular formula is C14H24N4O. The van der Waals surface area contributed by atoms with Crippen LogP contribution in [0.25, 0.3) is 0 Å². The Morgan fingerprint density at radius 2 is 2.32 bits per heavy atom. The van der Waals surface area contributed by atoms with Gasteiger partial charge in [0.05, 0.1) is 6.10 Å². The molecule has 2 rings (SSSR count). The summed E-state index contributed by atoms with van der Waals surface area (Å²) in [6.45, 7) is 5.89. The minimum atomic E-state index is -0.245. The van der Waals surface area contributed by atoms with E-state index in [1.165, 1.54) is 5.56 Å². The number of nitrogens with one attached hydrogen (secondary N) is 1. The molecule has 0 amide bonds. The van der Waals surface area contributed by atoms with E-state index in [1.54, 1.807) is 6.33 Å². The quantitative estimate of drug-likeness (QED) is 0.847. The van der Waals surface area contributed by atoms with Crippen LogP contribution >= 0.6 is 0 Å². The lowest BCUT2D eigenvalue weighted by Gasteiger charge is -2.22. The average Bonchev–Trinajstić information content (AvgIpc) is 2.89. The molecule has 1 aliphatic heterocycles. The van der Waals surface area contributed by atoms with Crippen molar-refractivity contribution in [3.05, 3.63) is 11.9 Å². The maximum Gasteiger partial charge on any atom is 0.137 e. The Balaban J connectivity index is 2.24. The second-order valence-electron chi connectivity index (χ2n) is 5.26. The van der Waals surface area contributed by atoms with Gasteiger partial charge in [-0.25, -0.2) is 9.97 Å². The number of anilines is 2. The Hall–Kier alpha value is -1.36. The van der Waals surface area contributed by atoms with E-state index in [0.29, 0.717) is 5.92 Å². The number of nitrogens with zero attached hydrogens (tertiary/aromatic N) is 3. The highest BCUT2D eigenvalue weighted by molar-refractivity contribution is 5.59. The van der Waals surface area contributed by atoms with Crippen LogP contribution in [0.5, 0.6) is 0 Å². The van der Waals surface area contributed by atoms with Gasteiger partial charge in [-0.05, 0) is 19.8 Å². The van der Waals surface area contributed by atoms with E-state index in [-0.39, 0.29) is 6.10 Å². The van der Waals surface area contributed by atoms with Crippen LogP contribution in [0.1, 0.15) is 32.3 Å². The summed E-state index contributed by atoms with van der Waals surface area (Å²) in [4.78, 5) is 11.1. The first-order chi connectivity index (χ1) is 9.17. The summed E-state index contributed by atoms with van der Waals surface area (Å²) in [6, 6.07) is 0. The number of rotatable bonds is 5. The molecule has 1 aromatic heterocycles. The molecule has 0 radical (unpaired) electrons. The van der Waals surface area contributed by atoms with Gasteiger partial charge >= 0.3 is 0 Å². The standard InChI is InChI=1S/C14H24N4O/c1-4-5-12-13(15-3)16-9-17-14(12)18-7-6-11(8-18)10(2)19/h9-11,19H,4-8H2,1-3H3,(H,15,16,17). The minimum Gasteiger partial charge on any atom is -0.393 e. The van der Waals surface area contributed by atoms with Crippen molar-refractivity contribution < 1.29 is 5.11 Å². The molecule has 5 nitrogen and oxygen atoms in total. The highest BCUT2D eigenvalue weighted by Crippen LogP contribution is 2.30. The monoisotopic (exact) mass is 264 g/mol. The molecule has 5 heteroatoms. The summed E-state index contributed by atoms with van der Waals surface area (Å²) in [6.07, 6.45) is 4.45. The molecule has 1 saturated heterocycles. The summed E-state index contributed by atoms with van der Waals surface area (Å²) >= 11 is 0. The van der Waals surface area contributed by atoms with E-state index in [9.17, 15) is 5.11 Å². The molecule has 2 heterocycles. The van der Waals surface area contributed by atoms with Crippen LogP contribution in [0.4, 0.5) is 11.6 Å². The largest absolute Gasteiger partial charge is 0.393 e. The number of aliphatic hydroxyl groups excluding tert-OH is 1. The number of aromatic nitrogens is 2. The van der Waals surface area contributed by atoms with Crippen LogP contribution < -0.4 is 10.2 Å². The van der Waals surface area contributed by atoms with Crippen LogP contribution in [0.2, 0.25) is 0 Å². The molecule has 2 N–H and O–H groups in total. The van der Waals surface area contributed by atoms with Crippen molar-refractivity contribution in [2.45, 2.75) is 39.2 Å². The molecule has 1 aromatic rings. The Kier molecular flexibility index (Phi) is 4.58. The van der Waals surface area contributed by atoms with Gasteiger partial charge in [0.1, 0.15) is 18.0 Å². The first kappa shape index (κ1) is 14.1. The van der Waals surface area contributed by atoms with E-state index < -0.39 is 0 Å². The molecular weight excluding hydrogens is 240 g/mol. The Labute approximate surface area is 115 Å². The molecule has 2 atom stereocenters. The summed E-state index contributed by atoms with van der Waals surface area (Å²) in [5.41, 5.74) is 1.19. The van der Waals surface area contributed by atoms with Crippen LogP contribution in [0.15, 0.2) is 6.33 Å². The van der Waals surface area contributed by atoms with Crippen molar-refractivity contribution in [1.82, 2.24) is 9.97 Å². The summed E-state index contributed by atoms with van der Waals surface area (Å²) in [5, 5.41) is 12.9. The number of aliphatic hydroxyl groups is 1. The van der Waals surface area contributed by atoms with Gasteiger partial charge in [-0.2, -0.15) is 0 Å². The molecule has 1 fully saturated rings. The first-order valence-corrected chi connectivity index (χ1v) is 7.12. The molecule has 2 unspecified atom stereocenters. The van der Waals surface area contributed by atoms with Crippen LogP contribution in [-0.4, -0.2) is 41.3 Å². The highest BCUT2D eigenvalue weighted by atomic mass is 16.3. The fourth-order valence-electron chi connectivity index (χ4n) is 2.74. The van der Waals surface area contributed by atoms with Gasteiger partial charge in [0.15, 0.2) is 0 Å². The predicted molar refractivity (Wildman–Crippen MR) is 77.6 cm³/mol. The van der Waals surface area contributed by atoms with E-state index >= 15 is 0 Å². The minimum absolute atomic E-state index is 0.245. The topological polar surface area (TPSA) is 61.3 Å². The average molecular weight is 264 g/mol. The molecule has 0 aliphatic carbocycles. The Morgan fingerprint density at radius 3 is 2.89 bits per heavy atom. The first-order valence-electron chi connectivity index (χ1n) is 7.12. The zero-order chi connectivity index (χ0) is 13.8. The number of hydrogen-bond donors (Lipinski definition) is 2. The molecule has 0 bridgehead atoms. The van der Waals surface area contributed by atoms with Gasteiger partial charge in [0.25, 0.3) is 0 Å². The van der Waals surface area contributed by atoms with E-state index in [0.717, 1.165) is 44.0 Å². The molecule has 0 saturated carbocycles. The maximum absolute atomic E-state index is 9.72. The second-order valence-corrected chi connectivity index (χ2v) is 5.26. The van der Waals surface area contributed by atoms with Crippen LogP contribution in [0, 0.1) is 5.92 Å². The van der Waals surface area contributed by atoms with Crippen molar-refractivity contribution in [2.24, 2.45) is 5.92 Å². The van der Waals surface area contributed by atoms with Gasteiger partial charge in [0, 0.05) is 31.6 Å². The highest BCUT2D eigenvalue weighted by Gasteiger charge is 2.28. The normalized spacial score (nSPS) is 20.6. The smallest absolute Gasteiger partial charge is 0.137 e. The molecule has 1 aliphatic rings. The van der Waals surface area contributed by atoms with E-state index in [1.807, 2.05) is 14.0 Å². The van der Waals surface area contributed by atoms with Crippen molar-refractivity contribution >= 4 is 11.6 Å². The van der Waals surface area contributed by atoms with Gasteiger partial charge in [-0.15, -0.1) is 0 Å². The van der Waals surface area contributed by atoms with Crippen molar-refractivity contribution in [3.8, 4) is 0 Å². The third-order valence-electron chi connectivity index (χ3n) is 3.87. The maximum atomic E-state index is 9.72. The molecule has 0 aromatic carbocycles. The zero-order valence-electron chi connectivity index (χ0n) is 12.1. The molecule has 19 heavy (non-hydrogen) atoms. The Morgan fingerprint density at radius 1 is 1.53 bits per heavy atom. The zero-order valence-corrected chi connectivity index (χ0v) is 12.1. The third-order valence-corrected chi connectivity index (χ3v) is 3.87. The lowest BCUT2D eigenvalue weighted by atomic mass is 10.0. The lowest BCUT2D eigenvalue weighted by molar-refractivity contribution is 0.136. The SMILES string of the molecule is CCCc1c(NC)ncnc1N1CCC(C(C)O)C1. The molecule has 0 spiro atoms. The van der Waals surface area contributed by atoms with E-state index in [4.69, 9.17) is 0 Å². The van der Waals surface area contributed by atoms with Crippen molar-refractivity contribution in [2.75, 3.05) is 30.4 Å². The number of hydrogen-bond acceptors (Lipinski definition) is 5. The summed E-state index contributed by atoms with van der Waals surface area (Å²) < 4.78 is 0. The second kappa shape index (κ2) is 6.19. The molecule has 106 valence electrons. The van der Waals surface area contributed by atoms with Crippen molar-refractivity contribution in [3.63, 3.8) is 0 Å². The van der Waals surface area contributed by atoms with Crippen molar-refractivity contribution in [1.29, 1.82) is 0 Å².